The summed E-state index contributed by atoms with van der Waals surface area (Å²) in [4.78, 5) is 15.5. The first-order valence-corrected chi connectivity index (χ1v) is 11.3. The standard InChI is InChI=1S/C25H29ClN2O3/c1-17-21-15-19(26)9-12-23(21)31-24(17)25(29)27-16-22(28-13-5-3-4-6-14-28)18-7-10-20(30-2)11-8-18/h7-12,15,22H,3-6,13-14,16H2,1-2H3,(H,27,29)/t22-/m1/s1. The summed E-state index contributed by atoms with van der Waals surface area (Å²) in [5.74, 6) is 0.985. The Labute approximate surface area is 188 Å². The summed E-state index contributed by atoms with van der Waals surface area (Å²) in [7, 11) is 1.67. The van der Waals surface area contributed by atoms with Gasteiger partial charge in [0.25, 0.3) is 5.91 Å². The van der Waals surface area contributed by atoms with Crippen LogP contribution in [0.25, 0.3) is 11.0 Å². The number of rotatable bonds is 6. The fraction of sp³-hybridized carbons (Fsp3) is 0.400. The van der Waals surface area contributed by atoms with Crippen molar-refractivity contribution in [2.75, 3.05) is 26.7 Å². The van der Waals surface area contributed by atoms with E-state index in [0.29, 0.717) is 22.9 Å². The van der Waals surface area contributed by atoms with Crippen LogP contribution < -0.4 is 10.1 Å². The van der Waals surface area contributed by atoms with Gasteiger partial charge in [0.05, 0.1) is 13.2 Å². The maximum Gasteiger partial charge on any atom is 0.287 e. The molecule has 4 rings (SSSR count). The molecule has 1 saturated heterocycles. The number of nitrogens with one attached hydrogen (secondary N) is 1. The lowest BCUT2D eigenvalue weighted by atomic mass is 10.0. The molecule has 1 amide bonds. The van der Waals surface area contributed by atoms with Gasteiger partial charge >= 0.3 is 0 Å². The summed E-state index contributed by atoms with van der Waals surface area (Å²) in [5, 5.41) is 4.62. The Morgan fingerprint density at radius 2 is 1.84 bits per heavy atom. The van der Waals surface area contributed by atoms with Crippen LogP contribution in [0, 0.1) is 6.92 Å². The number of carbonyl (C=O) groups excluding carboxylic acids is 1. The van der Waals surface area contributed by atoms with E-state index in [0.717, 1.165) is 29.8 Å². The van der Waals surface area contributed by atoms with E-state index in [1.54, 1.807) is 19.2 Å². The molecule has 1 aromatic heterocycles. The number of amides is 1. The smallest absolute Gasteiger partial charge is 0.287 e. The third kappa shape index (κ3) is 4.89. The highest BCUT2D eigenvalue weighted by molar-refractivity contribution is 6.31. The number of nitrogens with zero attached hydrogens (tertiary/aromatic N) is 1. The second-order valence-electron chi connectivity index (χ2n) is 8.15. The van der Waals surface area contributed by atoms with Gasteiger partial charge < -0.3 is 14.5 Å². The van der Waals surface area contributed by atoms with Gasteiger partial charge in [0.2, 0.25) is 0 Å². The highest BCUT2D eigenvalue weighted by Crippen LogP contribution is 2.29. The molecule has 1 aliphatic heterocycles. The molecular formula is C25H29ClN2O3. The molecule has 1 aliphatic rings. The van der Waals surface area contributed by atoms with E-state index in [1.165, 1.54) is 31.2 Å². The number of furan rings is 1. The van der Waals surface area contributed by atoms with Gasteiger partial charge in [-0.25, -0.2) is 0 Å². The van der Waals surface area contributed by atoms with Gasteiger partial charge in [-0.05, 0) is 68.8 Å². The van der Waals surface area contributed by atoms with Crippen molar-refractivity contribution in [1.82, 2.24) is 10.2 Å². The summed E-state index contributed by atoms with van der Waals surface area (Å²) in [6.45, 7) is 4.48. The topological polar surface area (TPSA) is 54.7 Å². The molecule has 31 heavy (non-hydrogen) atoms. The Morgan fingerprint density at radius 3 is 2.52 bits per heavy atom. The minimum atomic E-state index is -0.196. The third-order valence-electron chi connectivity index (χ3n) is 6.14. The first-order chi connectivity index (χ1) is 15.1. The fourth-order valence-electron chi connectivity index (χ4n) is 4.37. The van der Waals surface area contributed by atoms with Gasteiger partial charge in [0, 0.05) is 22.5 Å². The van der Waals surface area contributed by atoms with E-state index in [-0.39, 0.29) is 11.9 Å². The van der Waals surface area contributed by atoms with Crippen molar-refractivity contribution in [3.05, 3.63) is 64.4 Å². The van der Waals surface area contributed by atoms with Crippen molar-refractivity contribution < 1.29 is 13.9 Å². The zero-order valence-corrected chi connectivity index (χ0v) is 18.9. The molecule has 0 spiro atoms. The number of halogens is 1. The quantitative estimate of drug-likeness (QED) is 0.530. The second kappa shape index (κ2) is 9.75. The highest BCUT2D eigenvalue weighted by Gasteiger charge is 2.24. The van der Waals surface area contributed by atoms with Gasteiger partial charge in [0.15, 0.2) is 5.76 Å². The number of carbonyl (C=O) groups is 1. The maximum absolute atomic E-state index is 13.0. The summed E-state index contributed by atoms with van der Waals surface area (Å²) >= 11 is 6.11. The van der Waals surface area contributed by atoms with Gasteiger partial charge in [-0.15, -0.1) is 0 Å². The summed E-state index contributed by atoms with van der Waals surface area (Å²) in [6, 6.07) is 13.7. The third-order valence-corrected chi connectivity index (χ3v) is 6.38. The summed E-state index contributed by atoms with van der Waals surface area (Å²) < 4.78 is 11.2. The minimum absolute atomic E-state index is 0.104. The zero-order valence-electron chi connectivity index (χ0n) is 18.1. The number of likely N-dealkylation sites (tertiary alicyclic amines) is 1. The predicted molar refractivity (Wildman–Crippen MR) is 124 cm³/mol. The van der Waals surface area contributed by atoms with Gasteiger partial charge in [-0.3, -0.25) is 9.69 Å². The molecule has 0 bridgehead atoms. The molecule has 3 aromatic rings. The van der Waals surface area contributed by atoms with Gasteiger partial charge in [0.1, 0.15) is 11.3 Å². The normalized spacial score (nSPS) is 16.1. The number of aryl methyl sites for hydroxylation is 1. The number of hydrogen-bond donors (Lipinski definition) is 1. The maximum atomic E-state index is 13.0. The average molecular weight is 441 g/mol. The second-order valence-corrected chi connectivity index (χ2v) is 8.58. The van der Waals surface area contributed by atoms with Crippen LogP contribution in [0.1, 0.15) is 53.4 Å². The summed E-state index contributed by atoms with van der Waals surface area (Å²) in [6.07, 6.45) is 4.89. The molecule has 5 nitrogen and oxygen atoms in total. The lowest BCUT2D eigenvalue weighted by Crippen LogP contribution is -2.38. The fourth-order valence-corrected chi connectivity index (χ4v) is 4.54. The van der Waals surface area contributed by atoms with Crippen LogP contribution in [0.5, 0.6) is 5.75 Å². The predicted octanol–water partition coefficient (Wildman–Crippen LogP) is 5.75. The SMILES string of the molecule is COc1ccc([C@@H](CNC(=O)c2oc3ccc(Cl)cc3c2C)N2CCCCCC2)cc1. The van der Waals surface area contributed by atoms with E-state index in [1.807, 2.05) is 25.1 Å². The minimum Gasteiger partial charge on any atom is -0.497 e. The van der Waals surface area contributed by atoms with Crippen LogP contribution in [0.15, 0.2) is 46.9 Å². The van der Waals surface area contributed by atoms with E-state index < -0.39 is 0 Å². The van der Waals surface area contributed by atoms with E-state index in [9.17, 15) is 4.79 Å². The summed E-state index contributed by atoms with van der Waals surface area (Å²) in [5.41, 5.74) is 2.66. The first kappa shape index (κ1) is 21.7. The molecule has 1 atom stereocenters. The van der Waals surface area contributed by atoms with Gasteiger partial charge in [-0.1, -0.05) is 36.6 Å². The molecule has 6 heteroatoms. The molecule has 0 unspecified atom stereocenters. The molecule has 2 aromatic carbocycles. The Morgan fingerprint density at radius 1 is 1.13 bits per heavy atom. The number of methoxy groups -OCH3 is 1. The van der Waals surface area contributed by atoms with Crippen LogP contribution in [0.4, 0.5) is 0 Å². The molecular weight excluding hydrogens is 412 g/mol. The van der Waals surface area contributed by atoms with Crippen molar-refractivity contribution in [3.63, 3.8) is 0 Å². The zero-order chi connectivity index (χ0) is 21.8. The van der Waals surface area contributed by atoms with E-state index >= 15 is 0 Å². The number of hydrogen-bond acceptors (Lipinski definition) is 4. The van der Waals surface area contributed by atoms with Crippen molar-refractivity contribution in [3.8, 4) is 5.75 Å². The van der Waals surface area contributed by atoms with Crippen LogP contribution in [0.2, 0.25) is 5.02 Å². The van der Waals surface area contributed by atoms with E-state index in [4.69, 9.17) is 20.8 Å². The van der Waals surface area contributed by atoms with Crippen LogP contribution >= 0.6 is 11.6 Å². The molecule has 0 saturated carbocycles. The number of benzene rings is 2. The van der Waals surface area contributed by atoms with Crippen molar-refractivity contribution in [2.24, 2.45) is 0 Å². The highest BCUT2D eigenvalue weighted by atomic mass is 35.5. The Hall–Kier alpha value is -2.50. The molecule has 2 heterocycles. The number of fused-ring (bicyclic) bond motifs is 1. The Balaban J connectivity index is 1.55. The molecule has 164 valence electrons. The molecule has 1 fully saturated rings. The van der Waals surface area contributed by atoms with Crippen molar-refractivity contribution >= 4 is 28.5 Å². The lowest BCUT2D eigenvalue weighted by Gasteiger charge is -2.31. The number of ether oxygens (including phenoxy) is 1. The van der Waals surface area contributed by atoms with Crippen molar-refractivity contribution in [1.29, 1.82) is 0 Å². The van der Waals surface area contributed by atoms with Crippen molar-refractivity contribution in [2.45, 2.75) is 38.6 Å². The van der Waals surface area contributed by atoms with E-state index in [2.05, 4.69) is 22.3 Å². The molecule has 0 radical (unpaired) electrons. The van der Waals surface area contributed by atoms with Crippen LogP contribution in [0.3, 0.4) is 0 Å². The first-order valence-electron chi connectivity index (χ1n) is 10.9. The largest absolute Gasteiger partial charge is 0.497 e. The monoisotopic (exact) mass is 440 g/mol. The average Bonchev–Trinajstić information content (AvgIpc) is 2.95. The van der Waals surface area contributed by atoms with Gasteiger partial charge in [-0.2, -0.15) is 0 Å². The Kier molecular flexibility index (Phi) is 6.83. The Bertz CT molecular complexity index is 1040. The molecule has 1 N–H and O–H groups in total. The lowest BCUT2D eigenvalue weighted by molar-refractivity contribution is 0.0907. The van der Waals surface area contributed by atoms with Crippen LogP contribution in [-0.2, 0) is 0 Å². The van der Waals surface area contributed by atoms with Crippen LogP contribution in [-0.4, -0.2) is 37.6 Å². The molecule has 0 aliphatic carbocycles.